The molecule has 102 valence electrons. The summed E-state index contributed by atoms with van der Waals surface area (Å²) in [5.41, 5.74) is 4.42. The first-order valence-corrected chi connectivity index (χ1v) is 6.61. The van der Waals surface area contributed by atoms with Crippen molar-refractivity contribution >= 4 is 17.0 Å². The number of nitrogens with zero attached hydrogens (tertiary/aromatic N) is 1. The fraction of sp³-hybridized carbons (Fsp3) is 0.188. The van der Waals surface area contributed by atoms with Crippen LogP contribution >= 0.6 is 0 Å². The summed E-state index contributed by atoms with van der Waals surface area (Å²) in [6.45, 7) is 1.34. The number of ether oxygens (including phenoxy) is 1. The summed E-state index contributed by atoms with van der Waals surface area (Å²) in [7, 11) is 1.71. The molecule has 0 saturated carbocycles. The summed E-state index contributed by atoms with van der Waals surface area (Å²) in [5.74, 6) is 0.790. The van der Waals surface area contributed by atoms with Crippen LogP contribution in [-0.2, 0) is 17.9 Å². The summed E-state index contributed by atoms with van der Waals surface area (Å²) in [6, 6.07) is 16.2. The zero-order valence-corrected chi connectivity index (χ0v) is 11.4. The van der Waals surface area contributed by atoms with Crippen molar-refractivity contribution in [3.8, 4) is 0 Å². The van der Waals surface area contributed by atoms with Crippen molar-refractivity contribution in [2.75, 3.05) is 12.4 Å². The van der Waals surface area contributed by atoms with E-state index in [2.05, 4.69) is 27.4 Å². The highest BCUT2D eigenvalue weighted by molar-refractivity contribution is 5.77. The largest absolute Gasteiger partial charge is 0.380 e. The molecule has 0 saturated heterocycles. The standard InChI is InChI=1S/C16H17N3O/c1-20-11-13-7-3-2-6-12(13)10-17-16-18-14-8-4-5-9-15(14)19-16/h2-9H,10-11H2,1H3,(H2,17,18,19). The van der Waals surface area contributed by atoms with Crippen molar-refractivity contribution in [3.05, 3.63) is 59.7 Å². The van der Waals surface area contributed by atoms with Gasteiger partial charge in [-0.3, -0.25) is 0 Å². The van der Waals surface area contributed by atoms with Crippen molar-refractivity contribution in [1.29, 1.82) is 0 Å². The van der Waals surface area contributed by atoms with Crippen LogP contribution in [0.15, 0.2) is 48.5 Å². The molecular formula is C16H17N3O. The zero-order chi connectivity index (χ0) is 13.8. The van der Waals surface area contributed by atoms with Crippen LogP contribution in [0.25, 0.3) is 11.0 Å². The van der Waals surface area contributed by atoms with E-state index in [0.717, 1.165) is 23.5 Å². The number of imidazole rings is 1. The average molecular weight is 267 g/mol. The number of rotatable bonds is 5. The summed E-state index contributed by atoms with van der Waals surface area (Å²) in [6.07, 6.45) is 0. The van der Waals surface area contributed by atoms with Crippen LogP contribution in [-0.4, -0.2) is 17.1 Å². The van der Waals surface area contributed by atoms with Crippen molar-refractivity contribution < 1.29 is 4.74 Å². The van der Waals surface area contributed by atoms with Gasteiger partial charge in [0.15, 0.2) is 0 Å². The molecule has 0 spiro atoms. The Balaban J connectivity index is 1.76. The fourth-order valence-corrected chi connectivity index (χ4v) is 2.24. The number of aromatic nitrogens is 2. The Hall–Kier alpha value is -2.33. The van der Waals surface area contributed by atoms with Crippen molar-refractivity contribution in [2.45, 2.75) is 13.2 Å². The van der Waals surface area contributed by atoms with Gasteiger partial charge >= 0.3 is 0 Å². The lowest BCUT2D eigenvalue weighted by Gasteiger charge is -2.09. The van der Waals surface area contributed by atoms with Gasteiger partial charge in [-0.15, -0.1) is 0 Å². The first-order valence-electron chi connectivity index (χ1n) is 6.61. The van der Waals surface area contributed by atoms with Crippen LogP contribution in [0.3, 0.4) is 0 Å². The van der Waals surface area contributed by atoms with Gasteiger partial charge in [0.1, 0.15) is 0 Å². The summed E-state index contributed by atoms with van der Waals surface area (Å²) >= 11 is 0. The zero-order valence-electron chi connectivity index (χ0n) is 11.4. The van der Waals surface area contributed by atoms with Gasteiger partial charge in [-0.05, 0) is 23.3 Å². The van der Waals surface area contributed by atoms with Gasteiger partial charge in [-0.2, -0.15) is 0 Å². The third-order valence-electron chi connectivity index (χ3n) is 3.25. The average Bonchev–Trinajstić information content (AvgIpc) is 2.89. The van der Waals surface area contributed by atoms with Gasteiger partial charge in [0, 0.05) is 13.7 Å². The number of benzene rings is 2. The maximum absolute atomic E-state index is 5.22. The number of H-pyrrole nitrogens is 1. The van der Waals surface area contributed by atoms with E-state index in [4.69, 9.17) is 4.74 Å². The number of nitrogens with one attached hydrogen (secondary N) is 2. The Labute approximate surface area is 117 Å². The molecule has 3 aromatic rings. The Morgan fingerprint density at radius 1 is 1.05 bits per heavy atom. The van der Waals surface area contributed by atoms with Crippen LogP contribution in [0.5, 0.6) is 0 Å². The quantitative estimate of drug-likeness (QED) is 0.745. The van der Waals surface area contributed by atoms with Crippen molar-refractivity contribution in [1.82, 2.24) is 9.97 Å². The van der Waals surface area contributed by atoms with E-state index in [-0.39, 0.29) is 0 Å². The third-order valence-corrected chi connectivity index (χ3v) is 3.25. The molecule has 0 atom stereocenters. The highest BCUT2D eigenvalue weighted by Gasteiger charge is 2.04. The SMILES string of the molecule is COCc1ccccc1CNc1nc2ccccc2[nH]1. The normalized spacial score (nSPS) is 10.8. The molecule has 4 nitrogen and oxygen atoms in total. The molecule has 1 aromatic heterocycles. The van der Waals surface area contributed by atoms with E-state index in [1.807, 2.05) is 36.4 Å². The maximum Gasteiger partial charge on any atom is 0.201 e. The van der Waals surface area contributed by atoms with Gasteiger partial charge < -0.3 is 15.0 Å². The van der Waals surface area contributed by atoms with E-state index in [1.54, 1.807) is 7.11 Å². The summed E-state index contributed by atoms with van der Waals surface area (Å²) < 4.78 is 5.22. The van der Waals surface area contributed by atoms with Crippen LogP contribution in [0.4, 0.5) is 5.95 Å². The number of para-hydroxylation sites is 2. The Kier molecular flexibility index (Phi) is 3.65. The van der Waals surface area contributed by atoms with E-state index in [9.17, 15) is 0 Å². The molecular weight excluding hydrogens is 250 g/mol. The highest BCUT2D eigenvalue weighted by atomic mass is 16.5. The second-order valence-electron chi connectivity index (χ2n) is 4.66. The van der Waals surface area contributed by atoms with E-state index in [0.29, 0.717) is 6.61 Å². The summed E-state index contributed by atoms with van der Waals surface area (Å²) in [4.78, 5) is 7.77. The number of hydrogen-bond acceptors (Lipinski definition) is 3. The molecule has 0 amide bonds. The Morgan fingerprint density at radius 2 is 1.80 bits per heavy atom. The monoisotopic (exact) mass is 267 g/mol. The van der Waals surface area contributed by atoms with Gasteiger partial charge in [-0.1, -0.05) is 36.4 Å². The molecule has 20 heavy (non-hydrogen) atoms. The molecule has 0 aliphatic heterocycles. The first-order chi connectivity index (χ1) is 9.86. The molecule has 0 aliphatic rings. The van der Waals surface area contributed by atoms with Crippen molar-refractivity contribution in [2.24, 2.45) is 0 Å². The molecule has 2 aromatic carbocycles. The highest BCUT2D eigenvalue weighted by Crippen LogP contribution is 2.15. The lowest BCUT2D eigenvalue weighted by Crippen LogP contribution is -2.04. The molecule has 0 radical (unpaired) electrons. The molecule has 0 aliphatic carbocycles. The van der Waals surface area contributed by atoms with Gasteiger partial charge in [-0.25, -0.2) is 4.98 Å². The molecule has 3 rings (SSSR count). The second-order valence-corrected chi connectivity index (χ2v) is 4.66. The van der Waals surface area contributed by atoms with Crippen LogP contribution < -0.4 is 5.32 Å². The number of aromatic amines is 1. The molecule has 0 bridgehead atoms. The smallest absolute Gasteiger partial charge is 0.201 e. The number of hydrogen-bond donors (Lipinski definition) is 2. The number of fused-ring (bicyclic) bond motifs is 1. The lowest BCUT2D eigenvalue weighted by molar-refractivity contribution is 0.184. The summed E-state index contributed by atoms with van der Waals surface area (Å²) in [5, 5.41) is 3.33. The number of methoxy groups -OCH3 is 1. The molecule has 0 unspecified atom stereocenters. The fourth-order valence-electron chi connectivity index (χ4n) is 2.24. The first kappa shape index (κ1) is 12.7. The lowest BCUT2D eigenvalue weighted by atomic mass is 10.1. The van der Waals surface area contributed by atoms with Gasteiger partial charge in [0.05, 0.1) is 17.6 Å². The molecule has 1 heterocycles. The Morgan fingerprint density at radius 3 is 2.60 bits per heavy atom. The minimum Gasteiger partial charge on any atom is -0.380 e. The molecule has 4 heteroatoms. The predicted octanol–water partition coefficient (Wildman–Crippen LogP) is 3.32. The van der Waals surface area contributed by atoms with Crippen molar-refractivity contribution in [3.63, 3.8) is 0 Å². The van der Waals surface area contributed by atoms with Crippen LogP contribution in [0, 0.1) is 0 Å². The second kappa shape index (κ2) is 5.75. The molecule has 0 fully saturated rings. The van der Waals surface area contributed by atoms with Crippen LogP contribution in [0.1, 0.15) is 11.1 Å². The Bertz CT molecular complexity index is 673. The van der Waals surface area contributed by atoms with E-state index in [1.165, 1.54) is 11.1 Å². The van der Waals surface area contributed by atoms with E-state index < -0.39 is 0 Å². The minimum absolute atomic E-state index is 0.623. The number of anilines is 1. The maximum atomic E-state index is 5.22. The topological polar surface area (TPSA) is 49.9 Å². The van der Waals surface area contributed by atoms with Gasteiger partial charge in [0.2, 0.25) is 5.95 Å². The predicted molar refractivity (Wildman–Crippen MR) is 80.6 cm³/mol. The molecule has 2 N–H and O–H groups in total. The van der Waals surface area contributed by atoms with Crippen LogP contribution in [0.2, 0.25) is 0 Å². The van der Waals surface area contributed by atoms with Gasteiger partial charge in [0.25, 0.3) is 0 Å². The third kappa shape index (κ3) is 2.65. The van der Waals surface area contributed by atoms with E-state index >= 15 is 0 Å². The minimum atomic E-state index is 0.623.